The summed E-state index contributed by atoms with van der Waals surface area (Å²) in [7, 11) is 1.40. The Balaban J connectivity index is 2.68. The molecule has 1 aromatic rings. The van der Waals surface area contributed by atoms with Gasteiger partial charge >= 0.3 is 5.97 Å². The fourth-order valence-electron chi connectivity index (χ4n) is 1.54. The quantitative estimate of drug-likeness (QED) is 0.755. The number of aliphatic carboxylic acids is 1. The number of hydrogen-bond acceptors (Lipinski definition) is 4. The molecule has 1 rings (SSSR count). The van der Waals surface area contributed by atoms with Gasteiger partial charge in [-0.25, -0.2) is 0 Å². The van der Waals surface area contributed by atoms with Crippen molar-refractivity contribution in [2.75, 3.05) is 19.9 Å². The molecule has 0 fully saturated rings. The second kappa shape index (κ2) is 8.14. The van der Waals surface area contributed by atoms with Crippen LogP contribution in [-0.2, 0) is 9.53 Å². The molecule has 0 bridgehead atoms. The summed E-state index contributed by atoms with van der Waals surface area (Å²) in [5, 5.41) is 11.7. The topological polar surface area (TPSA) is 75.6 Å². The number of thioether (sulfide) groups is 1. The van der Waals surface area contributed by atoms with Gasteiger partial charge in [0.15, 0.2) is 0 Å². The molecule has 0 aliphatic carbocycles. The van der Waals surface area contributed by atoms with Crippen LogP contribution in [0.3, 0.4) is 0 Å². The molecule has 1 aromatic carbocycles. The van der Waals surface area contributed by atoms with E-state index in [9.17, 15) is 9.59 Å². The lowest BCUT2D eigenvalue weighted by molar-refractivity contribution is -0.139. The molecular weight excluding hydrogens is 302 g/mol. The largest absolute Gasteiger partial charge is 0.481 e. The maximum absolute atomic E-state index is 12.0. The van der Waals surface area contributed by atoms with Gasteiger partial charge in [-0.1, -0.05) is 11.6 Å². The number of benzene rings is 1. The predicted molar refractivity (Wildman–Crippen MR) is 78.6 cm³/mol. The van der Waals surface area contributed by atoms with Crippen molar-refractivity contribution in [2.45, 2.75) is 17.4 Å². The molecule has 1 unspecified atom stereocenters. The standard InChI is InChI=1S/C13H16ClNO4S/c1-19-8(5-12(16)17)7-15-13(18)10-6-9(20-2)3-4-11(10)14/h3-4,6,8H,5,7H2,1-2H3,(H,15,18)(H,16,17). The number of ether oxygens (including phenoxy) is 1. The van der Waals surface area contributed by atoms with Crippen molar-refractivity contribution in [3.8, 4) is 0 Å². The maximum Gasteiger partial charge on any atom is 0.306 e. The first kappa shape index (κ1) is 16.8. The van der Waals surface area contributed by atoms with Crippen molar-refractivity contribution in [1.82, 2.24) is 5.32 Å². The van der Waals surface area contributed by atoms with E-state index >= 15 is 0 Å². The summed E-state index contributed by atoms with van der Waals surface area (Å²) in [4.78, 5) is 23.6. The van der Waals surface area contributed by atoms with Crippen LogP contribution in [0.4, 0.5) is 0 Å². The van der Waals surface area contributed by atoms with Crippen molar-refractivity contribution in [1.29, 1.82) is 0 Å². The first-order chi connectivity index (χ1) is 9.47. The van der Waals surface area contributed by atoms with Crippen molar-refractivity contribution in [3.63, 3.8) is 0 Å². The summed E-state index contributed by atoms with van der Waals surface area (Å²) in [6, 6.07) is 5.18. The first-order valence-corrected chi connectivity index (χ1v) is 7.44. The van der Waals surface area contributed by atoms with E-state index in [0.717, 1.165) is 4.90 Å². The number of halogens is 1. The van der Waals surface area contributed by atoms with E-state index in [1.54, 1.807) is 12.1 Å². The molecule has 0 spiro atoms. The Bertz CT molecular complexity index is 495. The first-order valence-electron chi connectivity index (χ1n) is 5.84. The Morgan fingerprint density at radius 2 is 2.20 bits per heavy atom. The van der Waals surface area contributed by atoms with Gasteiger partial charge in [-0.05, 0) is 24.5 Å². The minimum atomic E-state index is -0.978. The van der Waals surface area contributed by atoms with Crippen LogP contribution in [0.5, 0.6) is 0 Å². The van der Waals surface area contributed by atoms with E-state index < -0.39 is 12.1 Å². The molecule has 0 aliphatic heterocycles. The number of carboxylic acid groups (broad SMARTS) is 1. The van der Waals surface area contributed by atoms with E-state index in [0.29, 0.717) is 10.6 Å². The third-order valence-corrected chi connectivity index (χ3v) is 3.70. The smallest absolute Gasteiger partial charge is 0.306 e. The lowest BCUT2D eigenvalue weighted by Gasteiger charge is -2.14. The summed E-state index contributed by atoms with van der Waals surface area (Å²) >= 11 is 7.49. The molecule has 0 aromatic heterocycles. The van der Waals surface area contributed by atoms with Crippen molar-refractivity contribution >= 4 is 35.2 Å². The van der Waals surface area contributed by atoms with Crippen LogP contribution in [0.15, 0.2) is 23.1 Å². The molecular formula is C13H16ClNO4S. The fraction of sp³-hybridized carbons (Fsp3) is 0.385. The van der Waals surface area contributed by atoms with Gasteiger partial charge in [0.2, 0.25) is 0 Å². The number of rotatable bonds is 7. The highest BCUT2D eigenvalue weighted by Crippen LogP contribution is 2.22. The van der Waals surface area contributed by atoms with Gasteiger partial charge in [0, 0.05) is 18.6 Å². The molecule has 0 radical (unpaired) electrons. The number of nitrogens with one attached hydrogen (secondary N) is 1. The molecule has 0 saturated carbocycles. The second-order valence-corrected chi connectivity index (χ2v) is 5.30. The van der Waals surface area contributed by atoms with Crippen LogP contribution in [0.25, 0.3) is 0 Å². The Labute approximate surface area is 126 Å². The lowest BCUT2D eigenvalue weighted by atomic mass is 10.2. The Morgan fingerprint density at radius 3 is 2.75 bits per heavy atom. The second-order valence-electron chi connectivity index (χ2n) is 4.01. The summed E-state index contributed by atoms with van der Waals surface area (Å²) in [6.07, 6.45) is 1.16. The number of methoxy groups -OCH3 is 1. The van der Waals surface area contributed by atoms with Gasteiger partial charge in [0.1, 0.15) is 0 Å². The predicted octanol–water partition coefficient (Wildman–Crippen LogP) is 2.28. The van der Waals surface area contributed by atoms with Crippen LogP contribution in [0, 0.1) is 0 Å². The fourth-order valence-corrected chi connectivity index (χ4v) is 2.18. The van der Waals surface area contributed by atoms with Gasteiger partial charge in [0.05, 0.1) is 23.1 Å². The maximum atomic E-state index is 12.0. The van der Waals surface area contributed by atoms with Gasteiger partial charge < -0.3 is 15.2 Å². The van der Waals surface area contributed by atoms with Crippen LogP contribution in [0.2, 0.25) is 5.02 Å². The zero-order valence-corrected chi connectivity index (χ0v) is 12.8. The van der Waals surface area contributed by atoms with Crippen LogP contribution in [0.1, 0.15) is 16.8 Å². The molecule has 5 nitrogen and oxygen atoms in total. The SMILES string of the molecule is COC(CNC(=O)c1cc(SC)ccc1Cl)CC(=O)O. The lowest BCUT2D eigenvalue weighted by Crippen LogP contribution is -2.34. The number of carbonyl (C=O) groups is 2. The zero-order chi connectivity index (χ0) is 15.1. The van der Waals surface area contributed by atoms with E-state index in [1.165, 1.54) is 18.9 Å². The molecule has 2 N–H and O–H groups in total. The van der Waals surface area contributed by atoms with Crippen molar-refractivity contribution in [2.24, 2.45) is 0 Å². The van der Waals surface area contributed by atoms with Gasteiger partial charge in [0.25, 0.3) is 5.91 Å². The summed E-state index contributed by atoms with van der Waals surface area (Å²) in [5.74, 6) is -1.33. The highest BCUT2D eigenvalue weighted by molar-refractivity contribution is 7.98. The van der Waals surface area contributed by atoms with Gasteiger partial charge in [-0.15, -0.1) is 11.8 Å². The third kappa shape index (κ3) is 5.03. The van der Waals surface area contributed by atoms with Crippen LogP contribution >= 0.6 is 23.4 Å². The summed E-state index contributed by atoms with van der Waals surface area (Å²) < 4.78 is 4.99. The van der Waals surface area contributed by atoms with E-state index in [1.807, 2.05) is 12.3 Å². The number of amides is 1. The molecule has 7 heteroatoms. The van der Waals surface area contributed by atoms with Crippen LogP contribution in [-0.4, -0.2) is 43.0 Å². The van der Waals surface area contributed by atoms with Gasteiger partial charge in [-0.2, -0.15) is 0 Å². The number of carbonyl (C=O) groups excluding carboxylic acids is 1. The number of carboxylic acids is 1. The van der Waals surface area contributed by atoms with E-state index in [2.05, 4.69) is 5.32 Å². The Morgan fingerprint density at radius 1 is 1.50 bits per heavy atom. The molecule has 0 aliphatic rings. The summed E-state index contributed by atoms with van der Waals surface area (Å²) in [5.41, 5.74) is 0.365. The molecule has 0 heterocycles. The normalized spacial score (nSPS) is 11.9. The minimum Gasteiger partial charge on any atom is -0.481 e. The summed E-state index contributed by atoms with van der Waals surface area (Å²) in [6.45, 7) is 0.113. The average molecular weight is 318 g/mol. The van der Waals surface area contributed by atoms with Crippen LogP contribution < -0.4 is 5.32 Å². The number of hydrogen-bond donors (Lipinski definition) is 2. The zero-order valence-electron chi connectivity index (χ0n) is 11.2. The molecule has 1 atom stereocenters. The van der Waals surface area contributed by atoms with Crippen molar-refractivity contribution < 1.29 is 19.4 Å². The molecule has 0 saturated heterocycles. The third-order valence-electron chi connectivity index (χ3n) is 2.64. The molecule has 110 valence electrons. The van der Waals surface area contributed by atoms with E-state index in [4.69, 9.17) is 21.4 Å². The minimum absolute atomic E-state index is 0.113. The van der Waals surface area contributed by atoms with Crippen molar-refractivity contribution in [3.05, 3.63) is 28.8 Å². The van der Waals surface area contributed by atoms with E-state index in [-0.39, 0.29) is 18.9 Å². The highest BCUT2D eigenvalue weighted by Gasteiger charge is 2.16. The highest BCUT2D eigenvalue weighted by atomic mass is 35.5. The monoisotopic (exact) mass is 317 g/mol. The Hall–Kier alpha value is -1.24. The van der Waals surface area contributed by atoms with Gasteiger partial charge in [-0.3, -0.25) is 9.59 Å². The molecule has 20 heavy (non-hydrogen) atoms. The Kier molecular flexibility index (Phi) is 6.84. The molecule has 1 amide bonds. The average Bonchev–Trinajstić information content (AvgIpc) is 2.43.